The van der Waals surface area contributed by atoms with Crippen LogP contribution in [0, 0.1) is 0 Å². The van der Waals surface area contributed by atoms with Crippen LogP contribution in [0.5, 0.6) is 0 Å². The van der Waals surface area contributed by atoms with Gasteiger partial charge in [-0.3, -0.25) is 0 Å². The van der Waals surface area contributed by atoms with Crippen LogP contribution in [-0.2, 0) is 3.07 Å². The average molecular weight is 300 g/mol. The molecule has 2 saturated heterocycles. The maximum absolute atomic E-state index is 13.2. The third-order valence-electron chi connectivity index (χ3n) is 3.19. The summed E-state index contributed by atoms with van der Waals surface area (Å²) in [5, 5.41) is 0. The first-order valence-electron chi connectivity index (χ1n) is 4.77. The molecule has 0 aromatic carbocycles. The predicted molar refractivity (Wildman–Crippen MR) is 44.9 cm³/mol. The molecule has 78 valence electrons. The van der Waals surface area contributed by atoms with Crippen molar-refractivity contribution in [2.75, 3.05) is 24.6 Å². The van der Waals surface area contributed by atoms with E-state index in [1.807, 2.05) is 0 Å². The molecule has 0 unspecified atom stereocenters. The van der Waals surface area contributed by atoms with Gasteiger partial charge in [-0.1, -0.05) is 0 Å². The molecule has 13 heavy (non-hydrogen) atoms. The number of hydrogen-bond donors (Lipinski definition) is 0. The van der Waals surface area contributed by atoms with Gasteiger partial charge in [0, 0.05) is 0 Å². The van der Waals surface area contributed by atoms with Gasteiger partial charge in [-0.25, -0.2) is 0 Å². The van der Waals surface area contributed by atoms with E-state index in [1.54, 1.807) is 0 Å². The van der Waals surface area contributed by atoms with Crippen molar-refractivity contribution >= 4 is 0 Å². The maximum atomic E-state index is 13.2. The minimum absolute atomic E-state index is 0.0924. The summed E-state index contributed by atoms with van der Waals surface area (Å²) in [4.78, 5) is 4.41. The van der Waals surface area contributed by atoms with E-state index in [0.717, 1.165) is 19.6 Å². The van der Waals surface area contributed by atoms with Crippen LogP contribution in [0.2, 0.25) is 0 Å². The zero-order chi connectivity index (χ0) is 9.31. The topological polar surface area (TPSA) is 12.5 Å². The summed E-state index contributed by atoms with van der Waals surface area (Å²) < 4.78 is 18.8. The second-order valence-electron chi connectivity index (χ2n) is 3.98. The fourth-order valence-corrected chi connectivity index (χ4v) is 3.50. The molecule has 4 heteroatoms. The summed E-state index contributed by atoms with van der Waals surface area (Å²) in [5.74, 6) is 0. The Morgan fingerprint density at radius 2 is 2.54 bits per heavy atom. The quantitative estimate of drug-likeness (QED) is 0.451. The zero-order valence-electron chi connectivity index (χ0n) is 7.93. The van der Waals surface area contributed by atoms with Gasteiger partial charge in [0.25, 0.3) is 0 Å². The Hall–Kier alpha value is 0.580. The van der Waals surface area contributed by atoms with Crippen LogP contribution >= 0.6 is 0 Å². The van der Waals surface area contributed by atoms with Crippen molar-refractivity contribution in [3.8, 4) is 0 Å². The average Bonchev–Trinajstić information content (AvgIpc) is 2.57. The predicted octanol–water partition coefficient (Wildman–Crippen LogP) is -1.79. The summed E-state index contributed by atoms with van der Waals surface area (Å²) in [6.45, 7) is 2.49. The van der Waals surface area contributed by atoms with Crippen LogP contribution in [0.25, 0.3) is 0 Å². The van der Waals surface area contributed by atoms with E-state index in [4.69, 9.17) is 3.07 Å². The molecule has 2 rings (SSSR count). The number of alkyl halides is 2. The number of rotatable bonds is 3. The Morgan fingerprint density at radius 1 is 1.69 bits per heavy atom. The molecule has 0 saturated carbocycles. The van der Waals surface area contributed by atoms with Gasteiger partial charge in [0.1, 0.15) is 0 Å². The van der Waals surface area contributed by atoms with Gasteiger partial charge in [0.05, 0.1) is 0 Å². The van der Waals surface area contributed by atoms with Crippen LogP contribution < -0.4 is 21.6 Å². The summed E-state index contributed by atoms with van der Waals surface area (Å²) >= 11 is -0.104. The third kappa shape index (κ3) is 1.85. The molecular formula is C9H16FINO-. The Bertz CT molecular complexity index is 192. The molecule has 0 bridgehead atoms. The van der Waals surface area contributed by atoms with E-state index in [0.29, 0.717) is 13.0 Å². The first kappa shape index (κ1) is 10.1. The Morgan fingerprint density at radius 3 is 3.31 bits per heavy atom. The second kappa shape index (κ2) is 3.98. The molecule has 2 nitrogen and oxygen atoms in total. The van der Waals surface area contributed by atoms with Crippen molar-refractivity contribution in [2.45, 2.75) is 31.0 Å². The molecule has 2 atom stereocenters. The number of halogens is 2. The summed E-state index contributed by atoms with van der Waals surface area (Å²) in [6, 6.07) is 0. The molecule has 0 N–H and O–H groups in total. The van der Waals surface area contributed by atoms with Crippen molar-refractivity contribution in [3.05, 3.63) is 0 Å². The standard InChI is InChI=1S/C9H16FINO/c1-11-13-7-9-3-2-4-12(9)6-8(10)5-9/h8H,2-7H2,1H3/q-1/t8-,9-/m0/s1. The van der Waals surface area contributed by atoms with Crippen LogP contribution in [0.3, 0.4) is 0 Å². The van der Waals surface area contributed by atoms with E-state index < -0.39 is 6.17 Å². The Labute approximate surface area is 89.6 Å². The third-order valence-corrected chi connectivity index (χ3v) is 4.13. The molecule has 0 radical (unpaired) electrons. The van der Waals surface area contributed by atoms with E-state index in [9.17, 15) is 4.39 Å². The van der Waals surface area contributed by atoms with Crippen LogP contribution in [0.1, 0.15) is 19.3 Å². The van der Waals surface area contributed by atoms with Crippen molar-refractivity contribution < 1.29 is 29.1 Å². The van der Waals surface area contributed by atoms with Crippen molar-refractivity contribution in [1.82, 2.24) is 4.90 Å². The number of hydrogen-bond acceptors (Lipinski definition) is 2. The molecule has 0 aliphatic carbocycles. The molecule has 0 spiro atoms. The Kier molecular flexibility index (Phi) is 3.10. The number of nitrogens with zero attached hydrogens (tertiary/aromatic N) is 1. The normalized spacial score (nSPS) is 40.0. The van der Waals surface area contributed by atoms with Crippen LogP contribution in [0.15, 0.2) is 0 Å². The van der Waals surface area contributed by atoms with E-state index in [1.165, 1.54) is 6.42 Å². The van der Waals surface area contributed by atoms with E-state index in [-0.39, 0.29) is 27.2 Å². The molecule has 2 fully saturated rings. The molecule has 2 heterocycles. The fourth-order valence-electron chi connectivity index (χ4n) is 2.60. The van der Waals surface area contributed by atoms with E-state index in [2.05, 4.69) is 9.83 Å². The SMILES string of the molecule is C[I-]OC[C@@]12CCCN1C[C@@H](F)C2. The summed E-state index contributed by atoms with van der Waals surface area (Å²) in [7, 11) is 0. The first-order chi connectivity index (χ1) is 6.27. The van der Waals surface area contributed by atoms with Crippen molar-refractivity contribution in [2.24, 2.45) is 0 Å². The fraction of sp³-hybridized carbons (Fsp3) is 1.00. The van der Waals surface area contributed by atoms with Crippen LogP contribution in [0.4, 0.5) is 4.39 Å². The zero-order valence-corrected chi connectivity index (χ0v) is 10.1. The number of fused-ring (bicyclic) bond motifs is 1. The molecule has 0 aromatic heterocycles. The first-order valence-corrected chi connectivity index (χ1v) is 7.81. The van der Waals surface area contributed by atoms with Gasteiger partial charge in [-0.2, -0.15) is 0 Å². The molecule has 0 amide bonds. The second-order valence-corrected chi connectivity index (χ2v) is 5.49. The van der Waals surface area contributed by atoms with Crippen molar-refractivity contribution in [1.29, 1.82) is 0 Å². The summed E-state index contributed by atoms with van der Waals surface area (Å²) in [5.41, 5.74) is 0.0924. The Balaban J connectivity index is 2.00. The van der Waals surface area contributed by atoms with Gasteiger partial charge in [0.2, 0.25) is 0 Å². The van der Waals surface area contributed by atoms with E-state index >= 15 is 0 Å². The molecular weight excluding hydrogens is 284 g/mol. The van der Waals surface area contributed by atoms with Crippen LogP contribution in [-0.4, -0.2) is 41.2 Å². The molecule has 2 aliphatic heterocycles. The monoisotopic (exact) mass is 300 g/mol. The minimum atomic E-state index is -0.612. The van der Waals surface area contributed by atoms with Gasteiger partial charge < -0.3 is 0 Å². The van der Waals surface area contributed by atoms with Gasteiger partial charge in [-0.05, 0) is 0 Å². The summed E-state index contributed by atoms with van der Waals surface area (Å²) in [6.07, 6.45) is 2.45. The van der Waals surface area contributed by atoms with Gasteiger partial charge >= 0.3 is 89.6 Å². The molecule has 2 aliphatic rings. The van der Waals surface area contributed by atoms with Gasteiger partial charge in [-0.15, -0.1) is 0 Å². The molecule has 0 aromatic rings. The van der Waals surface area contributed by atoms with Crippen molar-refractivity contribution in [3.63, 3.8) is 0 Å². The van der Waals surface area contributed by atoms with Gasteiger partial charge in [0.15, 0.2) is 0 Å².